The van der Waals surface area contributed by atoms with Gasteiger partial charge in [-0.25, -0.2) is 0 Å². The second-order valence-electron chi connectivity index (χ2n) is 4.61. The average Bonchev–Trinajstić information content (AvgIpc) is 2.56. The first-order valence-corrected chi connectivity index (χ1v) is 7.92. The Balaban J connectivity index is 2.32. The summed E-state index contributed by atoms with van der Waals surface area (Å²) in [4.78, 5) is 24.3. The smallest absolute Gasteiger partial charge is 0.259 e. The third kappa shape index (κ3) is 4.83. The summed E-state index contributed by atoms with van der Waals surface area (Å²) in [6, 6.07) is 13.6. The Hall–Kier alpha value is -1.81. The van der Waals surface area contributed by atoms with Gasteiger partial charge in [0.2, 0.25) is 0 Å². The van der Waals surface area contributed by atoms with E-state index in [9.17, 15) is 9.59 Å². The highest BCUT2D eigenvalue weighted by Crippen LogP contribution is 2.24. The topological polar surface area (TPSA) is 46.2 Å². The van der Waals surface area contributed by atoms with Crippen LogP contribution < -0.4 is 5.32 Å². The van der Waals surface area contributed by atoms with E-state index in [1.165, 1.54) is 6.08 Å². The van der Waals surface area contributed by atoms with E-state index in [1.54, 1.807) is 42.5 Å². The van der Waals surface area contributed by atoms with Gasteiger partial charge in [0.05, 0.1) is 21.5 Å². The van der Waals surface area contributed by atoms with Crippen molar-refractivity contribution in [1.29, 1.82) is 0 Å². The summed E-state index contributed by atoms with van der Waals surface area (Å²) in [5.74, 6) is -1.31. The zero-order valence-corrected chi connectivity index (χ0v) is 14.1. The van der Waals surface area contributed by atoms with E-state index < -0.39 is 11.7 Å². The molecule has 118 valence electrons. The summed E-state index contributed by atoms with van der Waals surface area (Å²) in [6.07, 6.45) is 1.44. The third-order valence-electron chi connectivity index (χ3n) is 2.95. The molecule has 0 saturated carbocycles. The minimum absolute atomic E-state index is 0.0535. The van der Waals surface area contributed by atoms with Gasteiger partial charge in [0, 0.05) is 5.69 Å². The molecule has 23 heavy (non-hydrogen) atoms. The maximum Gasteiger partial charge on any atom is 0.259 e. The normalized spacial score (nSPS) is 11.2. The van der Waals surface area contributed by atoms with E-state index in [0.717, 1.165) is 0 Å². The van der Waals surface area contributed by atoms with Gasteiger partial charge < -0.3 is 5.32 Å². The first-order chi connectivity index (χ1) is 11.0. The molecule has 2 aromatic carbocycles. The van der Waals surface area contributed by atoms with Crippen LogP contribution in [0.15, 0.2) is 54.1 Å². The lowest BCUT2D eigenvalue weighted by atomic mass is 10.1. The fourth-order valence-electron chi connectivity index (χ4n) is 1.83. The van der Waals surface area contributed by atoms with Crippen molar-refractivity contribution in [2.75, 3.05) is 11.2 Å². The summed E-state index contributed by atoms with van der Waals surface area (Å²) in [7, 11) is 0. The van der Waals surface area contributed by atoms with Gasteiger partial charge in [-0.05, 0) is 35.9 Å². The second kappa shape index (κ2) is 8.16. The van der Waals surface area contributed by atoms with Gasteiger partial charge >= 0.3 is 0 Å². The number of rotatable bonds is 5. The Morgan fingerprint density at radius 1 is 1.00 bits per heavy atom. The Morgan fingerprint density at radius 2 is 1.70 bits per heavy atom. The van der Waals surface area contributed by atoms with Crippen molar-refractivity contribution in [3.8, 4) is 0 Å². The maximum absolute atomic E-state index is 12.4. The number of hydrogen-bond acceptors (Lipinski definition) is 2. The Bertz CT molecular complexity index is 758. The maximum atomic E-state index is 12.4. The van der Waals surface area contributed by atoms with Gasteiger partial charge in [-0.3, -0.25) is 9.59 Å². The quantitative estimate of drug-likeness (QED) is 0.356. The second-order valence-corrected chi connectivity index (χ2v) is 5.69. The molecular formula is C17H12Cl3NO2. The minimum Gasteiger partial charge on any atom is -0.322 e. The zero-order chi connectivity index (χ0) is 16.8. The number of ketones is 1. The molecule has 1 N–H and O–H groups in total. The van der Waals surface area contributed by atoms with Crippen molar-refractivity contribution in [3.05, 3.63) is 69.7 Å². The molecule has 0 aliphatic rings. The molecule has 2 rings (SSSR count). The molecule has 0 bridgehead atoms. The van der Waals surface area contributed by atoms with Crippen LogP contribution in [0.5, 0.6) is 0 Å². The summed E-state index contributed by atoms with van der Waals surface area (Å²) in [5, 5.41) is 3.38. The van der Waals surface area contributed by atoms with Gasteiger partial charge in [0.1, 0.15) is 0 Å². The van der Waals surface area contributed by atoms with Crippen LogP contribution in [0.1, 0.15) is 5.56 Å². The van der Waals surface area contributed by atoms with E-state index >= 15 is 0 Å². The number of amides is 1. The summed E-state index contributed by atoms with van der Waals surface area (Å²) >= 11 is 17.4. The molecule has 0 unspecified atom stereocenters. The molecule has 0 radical (unpaired) electrons. The lowest BCUT2D eigenvalue weighted by Gasteiger charge is -2.08. The molecule has 3 nitrogen and oxygen atoms in total. The highest BCUT2D eigenvalue weighted by atomic mass is 35.5. The van der Waals surface area contributed by atoms with Gasteiger partial charge in [0.15, 0.2) is 5.78 Å². The molecule has 0 saturated heterocycles. The number of carbonyl (C=O) groups is 2. The number of para-hydroxylation sites is 1. The van der Waals surface area contributed by atoms with Crippen LogP contribution in [0.4, 0.5) is 5.69 Å². The number of anilines is 1. The van der Waals surface area contributed by atoms with Crippen molar-refractivity contribution >= 4 is 58.3 Å². The number of carbonyl (C=O) groups excluding carboxylic acids is 2. The van der Waals surface area contributed by atoms with Crippen LogP contribution in [-0.4, -0.2) is 17.6 Å². The fraction of sp³-hybridized carbons (Fsp3) is 0.0588. The summed E-state index contributed by atoms with van der Waals surface area (Å²) in [5.41, 5.74) is 1.11. The number of Topliss-reactive ketones (excluding diaryl/α,β-unsaturated/α-hetero) is 1. The van der Waals surface area contributed by atoms with Crippen molar-refractivity contribution in [2.24, 2.45) is 0 Å². The van der Waals surface area contributed by atoms with Gasteiger partial charge in [-0.15, -0.1) is 11.6 Å². The third-order valence-corrected chi connectivity index (χ3v) is 3.93. The number of benzene rings is 2. The molecule has 0 spiro atoms. The fourth-order valence-corrected chi connectivity index (χ4v) is 2.28. The SMILES string of the molecule is O=C(CCl)C(=Cc1ccc(Cl)c(Cl)c1)C(=O)Nc1ccccc1. The Labute approximate surface area is 148 Å². The van der Waals surface area contributed by atoms with Crippen LogP contribution in [0.3, 0.4) is 0 Å². The molecule has 6 heteroatoms. The van der Waals surface area contributed by atoms with Crippen LogP contribution in [-0.2, 0) is 9.59 Å². The van der Waals surface area contributed by atoms with Crippen molar-refractivity contribution in [3.63, 3.8) is 0 Å². The molecule has 0 heterocycles. The monoisotopic (exact) mass is 367 g/mol. The first kappa shape index (κ1) is 17.5. The lowest BCUT2D eigenvalue weighted by molar-refractivity contribution is -0.118. The zero-order valence-electron chi connectivity index (χ0n) is 11.9. The predicted molar refractivity (Wildman–Crippen MR) is 95.2 cm³/mol. The average molecular weight is 369 g/mol. The number of halogens is 3. The Kier molecular flexibility index (Phi) is 6.22. The molecule has 0 fully saturated rings. The molecular weight excluding hydrogens is 357 g/mol. The van der Waals surface area contributed by atoms with Gasteiger partial charge in [-0.2, -0.15) is 0 Å². The van der Waals surface area contributed by atoms with E-state index in [-0.39, 0.29) is 11.5 Å². The minimum atomic E-state index is -0.534. The number of nitrogens with one attached hydrogen (secondary N) is 1. The van der Waals surface area contributed by atoms with E-state index in [4.69, 9.17) is 34.8 Å². The van der Waals surface area contributed by atoms with Crippen molar-refractivity contribution < 1.29 is 9.59 Å². The molecule has 0 atom stereocenters. The molecule has 0 aliphatic heterocycles. The summed E-state index contributed by atoms with van der Waals surface area (Å²) < 4.78 is 0. The number of alkyl halides is 1. The standard InChI is InChI=1S/C17H12Cl3NO2/c18-10-16(22)13(8-11-6-7-14(19)15(20)9-11)17(23)21-12-4-2-1-3-5-12/h1-9H,10H2,(H,21,23). The van der Waals surface area contributed by atoms with Crippen LogP contribution in [0.2, 0.25) is 10.0 Å². The number of hydrogen-bond donors (Lipinski definition) is 1. The molecule has 0 aromatic heterocycles. The van der Waals surface area contributed by atoms with E-state index in [1.807, 2.05) is 6.07 Å². The molecule has 0 aliphatic carbocycles. The van der Waals surface area contributed by atoms with Crippen LogP contribution in [0.25, 0.3) is 6.08 Å². The molecule has 2 aromatic rings. The predicted octanol–water partition coefficient (Wildman–Crippen LogP) is 4.82. The van der Waals surface area contributed by atoms with Crippen molar-refractivity contribution in [1.82, 2.24) is 0 Å². The van der Waals surface area contributed by atoms with Gasteiger partial charge in [-0.1, -0.05) is 47.5 Å². The summed E-state index contributed by atoms with van der Waals surface area (Å²) in [6.45, 7) is 0. The van der Waals surface area contributed by atoms with Crippen molar-refractivity contribution in [2.45, 2.75) is 0 Å². The van der Waals surface area contributed by atoms with Gasteiger partial charge in [0.25, 0.3) is 5.91 Å². The van der Waals surface area contributed by atoms with E-state index in [0.29, 0.717) is 21.3 Å². The Morgan fingerprint density at radius 3 is 2.30 bits per heavy atom. The first-order valence-electron chi connectivity index (χ1n) is 6.63. The lowest BCUT2D eigenvalue weighted by Crippen LogP contribution is -2.21. The van der Waals surface area contributed by atoms with Crippen LogP contribution >= 0.6 is 34.8 Å². The molecule has 1 amide bonds. The van der Waals surface area contributed by atoms with Crippen LogP contribution in [0, 0.1) is 0 Å². The highest BCUT2D eigenvalue weighted by molar-refractivity contribution is 6.42. The largest absolute Gasteiger partial charge is 0.322 e. The highest BCUT2D eigenvalue weighted by Gasteiger charge is 2.17. The van der Waals surface area contributed by atoms with E-state index in [2.05, 4.69) is 5.32 Å².